The van der Waals surface area contributed by atoms with Crippen molar-refractivity contribution in [2.75, 3.05) is 65.6 Å². The fourth-order valence-electron chi connectivity index (χ4n) is 6.08. The first kappa shape index (κ1) is 58.5. The van der Waals surface area contributed by atoms with Crippen LogP contribution in [-0.4, -0.2) is 146 Å². The molecule has 0 saturated heterocycles. The fraction of sp³-hybridized carbons (Fsp3) is 0.744. The minimum Gasteiger partial charge on any atom is -0.394 e. The first-order valence-corrected chi connectivity index (χ1v) is 22.7. The number of unbranched alkanes of at least 4 members (excludes halogenated alkanes) is 3. The molecule has 0 aliphatic rings. The second-order valence-electron chi connectivity index (χ2n) is 15.4. The highest BCUT2D eigenvalue weighted by Gasteiger charge is 2.30. The minimum absolute atomic E-state index is 0.0898. The number of nitrogens with one attached hydrogen (secondary N) is 6. The lowest BCUT2D eigenvalue weighted by Gasteiger charge is -2.29. The van der Waals surface area contributed by atoms with Gasteiger partial charge in [-0.3, -0.25) is 33.6 Å². The first-order valence-electron chi connectivity index (χ1n) is 22.7. The molecular weight excluding hydrogens is 815 g/mol. The third kappa shape index (κ3) is 28.8. The van der Waals surface area contributed by atoms with Crippen LogP contribution in [-0.2, 0) is 33.6 Å². The van der Waals surface area contributed by atoms with Crippen LogP contribution in [0.1, 0.15) is 110 Å². The van der Waals surface area contributed by atoms with E-state index in [0.29, 0.717) is 103 Å². The summed E-state index contributed by atoms with van der Waals surface area (Å²) in [5.74, 6) is -4.74. The van der Waals surface area contributed by atoms with Crippen molar-refractivity contribution in [2.24, 2.45) is 28.9 Å². The summed E-state index contributed by atoms with van der Waals surface area (Å²) >= 11 is 0. The van der Waals surface area contributed by atoms with Crippen LogP contribution in [0.5, 0.6) is 0 Å². The zero-order valence-corrected chi connectivity index (χ0v) is 37.9. The van der Waals surface area contributed by atoms with Crippen molar-refractivity contribution >= 4 is 41.4 Å². The number of nitrogens with zero attached hydrogens (tertiary/aromatic N) is 1. The van der Waals surface area contributed by atoms with E-state index in [2.05, 4.69) is 31.9 Å². The Labute approximate surface area is 374 Å². The number of carbonyl (C=O) groups is 7. The van der Waals surface area contributed by atoms with Crippen LogP contribution in [0.25, 0.3) is 0 Å². The molecule has 0 saturated carbocycles. The Hall–Kier alpha value is -4.47. The molecule has 0 aromatic carbocycles. The van der Waals surface area contributed by atoms with Gasteiger partial charge in [-0.25, -0.2) is 0 Å². The molecule has 362 valence electrons. The fourth-order valence-corrected chi connectivity index (χ4v) is 6.08. The van der Waals surface area contributed by atoms with Crippen molar-refractivity contribution in [3.63, 3.8) is 0 Å². The molecule has 20 nitrogen and oxygen atoms in total. The Balaban J connectivity index is 6.18. The number of carbonyl (C=O) groups excluding carboxylic acids is 7. The quantitative estimate of drug-likeness (QED) is 0.0247. The first-order chi connectivity index (χ1) is 30.3. The van der Waals surface area contributed by atoms with E-state index in [9.17, 15) is 43.8 Å². The molecule has 0 heterocycles. The van der Waals surface area contributed by atoms with Crippen LogP contribution >= 0.6 is 0 Å². The Kier molecular flexibility index (Phi) is 35.3. The van der Waals surface area contributed by atoms with E-state index in [1.54, 1.807) is 4.90 Å². The normalized spacial score (nSPS) is 13.3. The van der Waals surface area contributed by atoms with Gasteiger partial charge < -0.3 is 69.9 Å². The van der Waals surface area contributed by atoms with Gasteiger partial charge in [0.15, 0.2) is 0 Å². The molecule has 0 bridgehead atoms. The number of hydrogen-bond acceptors (Lipinski definition) is 13. The molecule has 16 N–H and O–H groups in total. The summed E-state index contributed by atoms with van der Waals surface area (Å²) in [6, 6.07) is -4.70. The molecule has 0 aliphatic heterocycles. The van der Waals surface area contributed by atoms with Gasteiger partial charge in [-0.15, -0.1) is 0 Å². The highest BCUT2D eigenvalue weighted by Crippen LogP contribution is 2.08. The van der Waals surface area contributed by atoms with Gasteiger partial charge in [0, 0.05) is 52.1 Å². The maximum atomic E-state index is 14.4. The van der Waals surface area contributed by atoms with Crippen LogP contribution in [0.4, 0.5) is 0 Å². The lowest BCUT2D eigenvalue weighted by molar-refractivity contribution is -0.137. The molecule has 0 aliphatic carbocycles. The SMILES string of the molecule is CC/C=C\CCC(=O)NCCCCN(CCCNC(=O)CC/C=C\CC)C(=O)C(CNC(=O)[C@H](CO)NC(=O)[C@@H](N)CCCCN)CNC(=O)[C@H](CO)NC(=O)[C@@H](N)CCCCN. The van der Waals surface area contributed by atoms with Crippen molar-refractivity contribution < 1.29 is 43.8 Å². The van der Waals surface area contributed by atoms with Crippen molar-refractivity contribution in [3.05, 3.63) is 24.3 Å². The summed E-state index contributed by atoms with van der Waals surface area (Å²) in [4.78, 5) is 92.7. The van der Waals surface area contributed by atoms with E-state index in [1.807, 2.05) is 38.2 Å². The van der Waals surface area contributed by atoms with Crippen molar-refractivity contribution in [3.8, 4) is 0 Å². The molecule has 0 unspecified atom stereocenters. The zero-order chi connectivity index (χ0) is 47.3. The van der Waals surface area contributed by atoms with Gasteiger partial charge in [0.1, 0.15) is 12.1 Å². The van der Waals surface area contributed by atoms with Gasteiger partial charge in [-0.2, -0.15) is 0 Å². The lowest BCUT2D eigenvalue weighted by atomic mass is 10.1. The highest BCUT2D eigenvalue weighted by molar-refractivity contribution is 5.91. The molecular formula is C43H81N11O9. The molecule has 0 spiro atoms. The van der Waals surface area contributed by atoms with Gasteiger partial charge in [0.25, 0.3) is 0 Å². The monoisotopic (exact) mass is 896 g/mol. The average Bonchev–Trinajstić information content (AvgIpc) is 3.27. The van der Waals surface area contributed by atoms with Crippen molar-refractivity contribution in [2.45, 2.75) is 134 Å². The highest BCUT2D eigenvalue weighted by atomic mass is 16.3. The minimum atomic E-state index is -1.40. The van der Waals surface area contributed by atoms with Gasteiger partial charge >= 0.3 is 0 Å². The summed E-state index contributed by atoms with van der Waals surface area (Å²) in [6.07, 6.45) is 16.0. The van der Waals surface area contributed by atoms with Crippen LogP contribution in [0.15, 0.2) is 24.3 Å². The second kappa shape index (κ2) is 38.0. The maximum Gasteiger partial charge on any atom is 0.245 e. The van der Waals surface area contributed by atoms with E-state index < -0.39 is 72.8 Å². The van der Waals surface area contributed by atoms with E-state index in [4.69, 9.17) is 22.9 Å². The Bertz CT molecular complexity index is 1330. The van der Waals surface area contributed by atoms with Crippen molar-refractivity contribution in [1.82, 2.24) is 36.8 Å². The topological polar surface area (TPSA) is 339 Å². The summed E-state index contributed by atoms with van der Waals surface area (Å²) in [6.45, 7) is 3.71. The number of rotatable bonds is 38. The van der Waals surface area contributed by atoms with Crippen LogP contribution in [0.3, 0.4) is 0 Å². The van der Waals surface area contributed by atoms with E-state index in [-0.39, 0.29) is 44.5 Å². The molecule has 7 amide bonds. The van der Waals surface area contributed by atoms with Gasteiger partial charge in [-0.1, -0.05) is 51.0 Å². The number of allylic oxidation sites excluding steroid dienone is 4. The van der Waals surface area contributed by atoms with Gasteiger partial charge in [-0.05, 0) is 83.7 Å². The van der Waals surface area contributed by atoms with Crippen LogP contribution in [0.2, 0.25) is 0 Å². The molecule has 0 rings (SSSR count). The molecule has 63 heavy (non-hydrogen) atoms. The smallest absolute Gasteiger partial charge is 0.245 e. The van der Waals surface area contributed by atoms with E-state index >= 15 is 0 Å². The third-order valence-corrected chi connectivity index (χ3v) is 9.93. The summed E-state index contributed by atoms with van der Waals surface area (Å²) in [5.41, 5.74) is 23.0. The third-order valence-electron chi connectivity index (χ3n) is 9.93. The van der Waals surface area contributed by atoms with Crippen LogP contribution < -0.4 is 54.8 Å². The predicted octanol–water partition coefficient (Wildman–Crippen LogP) is -1.57. The Morgan fingerprint density at radius 3 is 1.40 bits per heavy atom. The zero-order valence-electron chi connectivity index (χ0n) is 37.9. The molecule has 0 radical (unpaired) electrons. The maximum absolute atomic E-state index is 14.4. The number of amides is 7. The summed E-state index contributed by atoms with van der Waals surface area (Å²) in [7, 11) is 0. The van der Waals surface area contributed by atoms with Gasteiger partial charge in [0.2, 0.25) is 41.4 Å². The van der Waals surface area contributed by atoms with Crippen LogP contribution in [0, 0.1) is 5.92 Å². The number of aliphatic hydroxyl groups excluding tert-OH is 2. The second-order valence-corrected chi connectivity index (χ2v) is 15.4. The number of nitrogens with two attached hydrogens (primary N) is 4. The Morgan fingerprint density at radius 1 is 0.556 bits per heavy atom. The van der Waals surface area contributed by atoms with Gasteiger partial charge in [0.05, 0.1) is 31.2 Å². The number of hydrogen-bond donors (Lipinski definition) is 12. The van der Waals surface area contributed by atoms with Crippen molar-refractivity contribution in [1.29, 1.82) is 0 Å². The largest absolute Gasteiger partial charge is 0.394 e. The molecule has 0 fully saturated rings. The predicted molar refractivity (Wildman–Crippen MR) is 243 cm³/mol. The average molecular weight is 896 g/mol. The molecule has 0 aromatic rings. The molecule has 20 heteroatoms. The molecule has 4 atom stereocenters. The Morgan fingerprint density at radius 2 is 0.984 bits per heavy atom. The van der Waals surface area contributed by atoms with E-state index in [1.165, 1.54) is 0 Å². The van der Waals surface area contributed by atoms with E-state index in [0.717, 1.165) is 12.8 Å². The standard InChI is InChI=1S/C43H81N11O9/c1-3-5-7-9-20-37(57)48-24-15-16-26-54(27-17-25-49-38(58)21-10-8-6-4-2)43(63)32(28-50-41(61)35(30-55)52-39(59)33(46)18-11-13-22-44)29-51-42(62)36(31-56)53-40(60)34(47)19-12-14-23-45/h5-8,32-36,55-56H,3-4,9-31,44-47H2,1-2H3,(H,48,57)(H,49,58)(H,50,61)(H,51,62)(H,52,59)(H,53,60)/b7-5-,8-6-/t33-,34-,35-,36-/m0/s1. The summed E-state index contributed by atoms with van der Waals surface area (Å²) < 4.78 is 0. The molecule has 0 aromatic heterocycles. The summed E-state index contributed by atoms with van der Waals surface area (Å²) in [5, 5.41) is 35.8. The lowest BCUT2D eigenvalue weighted by Crippen LogP contribution is -2.56. The number of aliphatic hydroxyl groups is 2.